The van der Waals surface area contributed by atoms with Crippen LogP contribution in [0.5, 0.6) is 0 Å². The van der Waals surface area contributed by atoms with Crippen molar-refractivity contribution in [3.63, 3.8) is 0 Å². The Labute approximate surface area is 88.1 Å². The van der Waals surface area contributed by atoms with Crippen molar-refractivity contribution in [2.75, 3.05) is 6.61 Å². The number of hydrogen-bond acceptors (Lipinski definition) is 3. The third-order valence-corrected chi connectivity index (χ3v) is 2.79. The Balaban J connectivity index is 2.11. The Bertz CT molecular complexity index is 393. The van der Waals surface area contributed by atoms with Gasteiger partial charge in [-0.25, -0.2) is 0 Å². The van der Waals surface area contributed by atoms with Crippen LogP contribution in [0.3, 0.4) is 0 Å². The van der Waals surface area contributed by atoms with Gasteiger partial charge in [-0.3, -0.25) is 9.48 Å². The van der Waals surface area contributed by atoms with Crippen molar-refractivity contribution in [2.45, 2.75) is 25.3 Å². The summed E-state index contributed by atoms with van der Waals surface area (Å²) in [5.74, 6) is -0.146. The minimum atomic E-state index is -0.362. The first-order valence-corrected chi connectivity index (χ1v) is 5.00. The molecule has 2 N–H and O–H groups in total. The van der Waals surface area contributed by atoms with E-state index in [0.29, 0.717) is 11.3 Å². The fourth-order valence-corrected chi connectivity index (χ4v) is 1.60. The van der Waals surface area contributed by atoms with Gasteiger partial charge in [-0.2, -0.15) is 5.10 Å². The molecular weight excluding hydrogens is 194 g/mol. The van der Waals surface area contributed by atoms with Crippen LogP contribution in [0.25, 0.3) is 0 Å². The zero-order chi connectivity index (χ0) is 11.1. The molecule has 2 rings (SSSR count). The first kappa shape index (κ1) is 10.2. The van der Waals surface area contributed by atoms with Gasteiger partial charge in [0.1, 0.15) is 0 Å². The number of aryl methyl sites for hydroxylation is 2. The van der Waals surface area contributed by atoms with E-state index in [1.54, 1.807) is 24.9 Å². The van der Waals surface area contributed by atoms with Gasteiger partial charge in [0.25, 0.3) is 5.91 Å². The van der Waals surface area contributed by atoms with E-state index in [-0.39, 0.29) is 18.1 Å². The molecule has 1 aliphatic rings. The monoisotopic (exact) mass is 209 g/mol. The molecular formula is C10H15N3O2. The molecule has 5 heteroatoms. The number of hydrogen-bond donors (Lipinski definition) is 2. The van der Waals surface area contributed by atoms with E-state index < -0.39 is 0 Å². The maximum Gasteiger partial charge on any atom is 0.255 e. The summed E-state index contributed by atoms with van der Waals surface area (Å²) in [7, 11) is 1.78. The molecule has 1 heterocycles. The Morgan fingerprint density at radius 3 is 2.80 bits per heavy atom. The summed E-state index contributed by atoms with van der Waals surface area (Å²) in [6, 6.07) is 0. The van der Waals surface area contributed by atoms with Crippen LogP contribution in [0.15, 0.2) is 6.20 Å². The van der Waals surface area contributed by atoms with Gasteiger partial charge in [0.15, 0.2) is 0 Å². The highest BCUT2D eigenvalue weighted by molar-refractivity contribution is 5.95. The molecule has 1 aromatic rings. The lowest BCUT2D eigenvalue weighted by molar-refractivity contribution is 0.0906. The molecule has 0 spiro atoms. The molecule has 1 amide bonds. The van der Waals surface area contributed by atoms with Crippen molar-refractivity contribution in [3.05, 3.63) is 17.5 Å². The molecule has 1 saturated carbocycles. The highest BCUT2D eigenvalue weighted by Crippen LogP contribution is 2.34. The summed E-state index contributed by atoms with van der Waals surface area (Å²) < 4.78 is 1.61. The molecule has 0 radical (unpaired) electrons. The van der Waals surface area contributed by atoms with E-state index in [0.717, 1.165) is 12.8 Å². The van der Waals surface area contributed by atoms with Crippen LogP contribution in [0, 0.1) is 6.92 Å². The molecule has 0 aromatic carbocycles. The molecule has 1 fully saturated rings. The zero-order valence-electron chi connectivity index (χ0n) is 8.95. The predicted molar refractivity (Wildman–Crippen MR) is 54.5 cm³/mol. The second-order valence-electron chi connectivity index (χ2n) is 4.19. The third kappa shape index (κ3) is 1.87. The summed E-state index contributed by atoms with van der Waals surface area (Å²) in [4.78, 5) is 11.8. The quantitative estimate of drug-likeness (QED) is 0.735. The van der Waals surface area contributed by atoms with Crippen LogP contribution >= 0.6 is 0 Å². The molecule has 0 bridgehead atoms. The number of carbonyl (C=O) groups is 1. The molecule has 0 unspecified atom stereocenters. The number of carbonyl (C=O) groups excluding carboxylic acids is 1. The van der Waals surface area contributed by atoms with E-state index in [1.165, 1.54) is 0 Å². The number of nitrogens with one attached hydrogen (secondary N) is 1. The number of aliphatic hydroxyl groups is 1. The first-order chi connectivity index (χ1) is 7.06. The highest BCUT2D eigenvalue weighted by atomic mass is 16.3. The normalized spacial score (nSPS) is 17.5. The second-order valence-corrected chi connectivity index (χ2v) is 4.19. The van der Waals surface area contributed by atoms with Crippen molar-refractivity contribution in [3.8, 4) is 0 Å². The molecule has 0 saturated heterocycles. The van der Waals surface area contributed by atoms with Crippen molar-refractivity contribution in [2.24, 2.45) is 7.05 Å². The zero-order valence-corrected chi connectivity index (χ0v) is 8.95. The Morgan fingerprint density at radius 2 is 2.40 bits per heavy atom. The predicted octanol–water partition coefficient (Wildman–Crippen LogP) is -0.0168. The van der Waals surface area contributed by atoms with Gasteiger partial charge in [0.2, 0.25) is 0 Å². The number of amides is 1. The van der Waals surface area contributed by atoms with E-state index in [1.807, 2.05) is 0 Å². The molecule has 0 aliphatic heterocycles. The maximum atomic E-state index is 11.8. The molecule has 1 aromatic heterocycles. The molecule has 82 valence electrons. The van der Waals surface area contributed by atoms with Gasteiger partial charge in [0.05, 0.1) is 23.4 Å². The van der Waals surface area contributed by atoms with Crippen molar-refractivity contribution in [1.29, 1.82) is 0 Å². The molecule has 1 aliphatic carbocycles. The summed E-state index contributed by atoms with van der Waals surface area (Å²) in [6.45, 7) is 1.81. The van der Waals surface area contributed by atoms with Gasteiger partial charge in [-0.05, 0) is 19.8 Å². The van der Waals surface area contributed by atoms with Gasteiger partial charge in [-0.1, -0.05) is 0 Å². The summed E-state index contributed by atoms with van der Waals surface area (Å²) in [6.07, 6.45) is 3.40. The van der Waals surface area contributed by atoms with Gasteiger partial charge < -0.3 is 10.4 Å². The van der Waals surface area contributed by atoms with Crippen molar-refractivity contribution < 1.29 is 9.90 Å². The first-order valence-electron chi connectivity index (χ1n) is 5.00. The molecule has 0 atom stereocenters. The maximum absolute atomic E-state index is 11.8. The van der Waals surface area contributed by atoms with E-state index >= 15 is 0 Å². The topological polar surface area (TPSA) is 67.2 Å². The van der Waals surface area contributed by atoms with Crippen molar-refractivity contribution in [1.82, 2.24) is 15.1 Å². The average Bonchev–Trinajstić information content (AvgIpc) is 2.86. The van der Waals surface area contributed by atoms with E-state index in [2.05, 4.69) is 10.4 Å². The smallest absolute Gasteiger partial charge is 0.255 e. The number of aromatic nitrogens is 2. The van der Waals surface area contributed by atoms with Crippen molar-refractivity contribution >= 4 is 5.91 Å². The molecule has 5 nitrogen and oxygen atoms in total. The SMILES string of the molecule is Cc1nn(C)cc1C(=O)NC1(CO)CC1. The van der Waals surface area contributed by atoms with E-state index in [9.17, 15) is 4.79 Å². The van der Waals surface area contributed by atoms with Gasteiger partial charge in [-0.15, -0.1) is 0 Å². The highest BCUT2D eigenvalue weighted by Gasteiger charge is 2.43. The summed E-state index contributed by atoms with van der Waals surface area (Å²) >= 11 is 0. The van der Waals surface area contributed by atoms with Crippen LogP contribution in [-0.4, -0.2) is 32.9 Å². The lowest BCUT2D eigenvalue weighted by Crippen LogP contribution is -2.39. The number of nitrogens with zero attached hydrogens (tertiary/aromatic N) is 2. The molecule has 15 heavy (non-hydrogen) atoms. The van der Waals surface area contributed by atoms with E-state index in [4.69, 9.17) is 5.11 Å². The fourth-order valence-electron chi connectivity index (χ4n) is 1.60. The lowest BCUT2D eigenvalue weighted by atomic mass is 10.2. The van der Waals surface area contributed by atoms with Crippen LogP contribution in [-0.2, 0) is 7.05 Å². The van der Waals surface area contributed by atoms with Crippen LogP contribution in [0.2, 0.25) is 0 Å². The average molecular weight is 209 g/mol. The fraction of sp³-hybridized carbons (Fsp3) is 0.600. The van der Waals surface area contributed by atoms with Gasteiger partial charge in [0, 0.05) is 13.2 Å². The Morgan fingerprint density at radius 1 is 1.73 bits per heavy atom. The minimum absolute atomic E-state index is 0.0120. The van der Waals surface area contributed by atoms with Crippen LogP contribution in [0.4, 0.5) is 0 Å². The Kier molecular flexibility index (Phi) is 2.26. The number of aliphatic hydroxyl groups excluding tert-OH is 1. The minimum Gasteiger partial charge on any atom is -0.394 e. The largest absolute Gasteiger partial charge is 0.394 e. The van der Waals surface area contributed by atoms with Gasteiger partial charge >= 0.3 is 0 Å². The standard InChI is InChI=1S/C10H15N3O2/c1-7-8(5-13(2)12-7)9(15)11-10(6-14)3-4-10/h5,14H,3-4,6H2,1-2H3,(H,11,15). The summed E-state index contributed by atoms with van der Waals surface area (Å²) in [5, 5.41) is 16.0. The Hall–Kier alpha value is -1.36. The summed E-state index contributed by atoms with van der Waals surface area (Å²) in [5.41, 5.74) is 0.931. The lowest BCUT2D eigenvalue weighted by Gasteiger charge is -2.13. The van der Waals surface area contributed by atoms with Crippen LogP contribution < -0.4 is 5.32 Å². The number of rotatable bonds is 3. The second kappa shape index (κ2) is 3.34. The third-order valence-electron chi connectivity index (χ3n) is 2.79. The van der Waals surface area contributed by atoms with Crippen LogP contribution in [0.1, 0.15) is 28.9 Å².